The van der Waals surface area contributed by atoms with E-state index in [9.17, 15) is 9.50 Å². The molecular formula is C32H31F3N6O3. The molecule has 0 aliphatic carbocycles. The Labute approximate surface area is 251 Å². The molecular weight excluding hydrogens is 573 g/mol. The number of hydrogen-bond donors (Lipinski definition) is 2. The average Bonchev–Trinajstić information content (AvgIpc) is 3.64. The second-order valence-electron chi connectivity index (χ2n) is 12.9. The molecule has 5 aliphatic heterocycles. The van der Waals surface area contributed by atoms with Gasteiger partial charge in [-0.15, -0.1) is 0 Å². The highest BCUT2D eigenvalue weighted by Crippen LogP contribution is 2.45. The van der Waals surface area contributed by atoms with Gasteiger partial charge in [0.2, 0.25) is 5.88 Å². The predicted molar refractivity (Wildman–Crippen MR) is 157 cm³/mol. The molecule has 2 aromatic carbocycles. The van der Waals surface area contributed by atoms with Gasteiger partial charge >= 0.3 is 6.01 Å². The Balaban J connectivity index is 1.23. The first-order chi connectivity index (χ1) is 21.4. The third kappa shape index (κ3) is 3.89. The number of aromatic hydroxyl groups is 1. The molecule has 7 heterocycles. The summed E-state index contributed by atoms with van der Waals surface area (Å²) in [7, 11) is 0. The Kier molecular flexibility index (Phi) is 5.75. The zero-order chi connectivity index (χ0) is 29.7. The number of nitrogens with one attached hydrogen (secondary N) is 1. The van der Waals surface area contributed by atoms with Crippen LogP contribution < -0.4 is 19.7 Å². The van der Waals surface area contributed by atoms with E-state index in [0.29, 0.717) is 36.1 Å². The van der Waals surface area contributed by atoms with E-state index in [1.807, 2.05) is 0 Å². The molecule has 228 valence electrons. The van der Waals surface area contributed by atoms with Gasteiger partial charge < -0.3 is 24.8 Å². The van der Waals surface area contributed by atoms with Gasteiger partial charge in [0.1, 0.15) is 53.4 Å². The fourth-order valence-corrected chi connectivity index (χ4v) is 8.36. The number of benzene rings is 2. The fraction of sp³-hybridized carbons (Fsp3) is 0.469. The number of pyridine rings is 1. The standard InChI is InChI=1S/C32H31F3N6O3/c33-17-11-32(7-2-8-40(32)12-17)15-44-31-38-28-25-29(39-31)41-13-18-5-6-22(36-18)23(41)14-43-30(25)37-27(26(28)35)20-10-19(42)9-16-3-1-4-21(34)24(16)20/h1,3-4,9-10,17-18,22-23,36,42H,2,5-8,11-15H2/t17-,18?,22?,23-,32?/m1/s1. The maximum Gasteiger partial charge on any atom is 0.319 e. The SMILES string of the molecule is Oc1cc(-c2nc3c4c(nc(OCC56CCCN5C[C@H](F)C6)nc4c2F)N2CC4CCC(N4)[C@H]2CO3)c2c(F)cccc2c1. The van der Waals surface area contributed by atoms with Crippen molar-refractivity contribution >= 4 is 27.5 Å². The van der Waals surface area contributed by atoms with Crippen LogP contribution in [0.4, 0.5) is 19.0 Å². The molecule has 44 heavy (non-hydrogen) atoms. The van der Waals surface area contributed by atoms with Crippen molar-refractivity contribution in [2.45, 2.75) is 61.9 Å². The highest BCUT2D eigenvalue weighted by atomic mass is 19.1. The Hall–Kier alpha value is -3.90. The van der Waals surface area contributed by atoms with Gasteiger partial charge in [-0.3, -0.25) is 4.90 Å². The lowest BCUT2D eigenvalue weighted by molar-refractivity contribution is 0.107. The topological polar surface area (TPSA) is 95.9 Å². The van der Waals surface area contributed by atoms with Crippen LogP contribution in [0.15, 0.2) is 30.3 Å². The minimum Gasteiger partial charge on any atom is -0.508 e. The molecule has 9 rings (SSSR count). The zero-order valence-corrected chi connectivity index (χ0v) is 23.9. The number of piperazine rings is 1. The van der Waals surface area contributed by atoms with Crippen molar-refractivity contribution in [2.24, 2.45) is 0 Å². The van der Waals surface area contributed by atoms with Crippen molar-refractivity contribution in [3.8, 4) is 28.9 Å². The van der Waals surface area contributed by atoms with E-state index in [-0.39, 0.29) is 71.1 Å². The molecule has 4 saturated heterocycles. The van der Waals surface area contributed by atoms with Crippen LogP contribution in [0.1, 0.15) is 32.1 Å². The maximum absolute atomic E-state index is 16.8. The lowest BCUT2D eigenvalue weighted by Gasteiger charge is -2.40. The highest BCUT2D eigenvalue weighted by Gasteiger charge is 2.50. The predicted octanol–water partition coefficient (Wildman–Crippen LogP) is 4.49. The smallest absolute Gasteiger partial charge is 0.319 e. The van der Waals surface area contributed by atoms with E-state index in [4.69, 9.17) is 14.5 Å². The van der Waals surface area contributed by atoms with Crippen molar-refractivity contribution in [2.75, 3.05) is 37.7 Å². The number of nitrogens with zero attached hydrogens (tertiary/aromatic N) is 5. The summed E-state index contributed by atoms with van der Waals surface area (Å²) in [6, 6.07) is 7.54. The molecule has 12 heteroatoms. The van der Waals surface area contributed by atoms with Crippen LogP contribution in [0.25, 0.3) is 32.9 Å². The summed E-state index contributed by atoms with van der Waals surface area (Å²) >= 11 is 0. The molecule has 5 aliphatic rings. The largest absolute Gasteiger partial charge is 0.508 e. The fourth-order valence-electron chi connectivity index (χ4n) is 8.36. The summed E-state index contributed by atoms with van der Waals surface area (Å²) in [5.41, 5.74) is -0.593. The zero-order valence-electron chi connectivity index (χ0n) is 23.9. The number of hydrogen-bond acceptors (Lipinski definition) is 9. The lowest BCUT2D eigenvalue weighted by atomic mass is 9.95. The van der Waals surface area contributed by atoms with E-state index < -0.39 is 23.3 Å². The Morgan fingerprint density at radius 2 is 2.02 bits per heavy atom. The van der Waals surface area contributed by atoms with Crippen molar-refractivity contribution in [3.63, 3.8) is 0 Å². The first-order valence-electron chi connectivity index (χ1n) is 15.4. The normalized spacial score (nSPS) is 29.1. The molecule has 9 nitrogen and oxygen atoms in total. The lowest BCUT2D eigenvalue weighted by Crippen LogP contribution is -2.60. The number of aromatic nitrogens is 3. The van der Waals surface area contributed by atoms with Crippen LogP contribution in [-0.4, -0.2) is 87.6 Å². The number of ether oxygens (including phenoxy) is 2. The molecule has 4 aromatic rings. The van der Waals surface area contributed by atoms with E-state index in [1.54, 1.807) is 6.07 Å². The summed E-state index contributed by atoms with van der Waals surface area (Å²) in [5.74, 6) is -0.881. The highest BCUT2D eigenvalue weighted by molar-refractivity contribution is 6.02. The van der Waals surface area contributed by atoms with Gasteiger partial charge in [-0.05, 0) is 55.8 Å². The van der Waals surface area contributed by atoms with Crippen LogP contribution in [0.3, 0.4) is 0 Å². The van der Waals surface area contributed by atoms with Gasteiger partial charge in [-0.2, -0.15) is 9.97 Å². The van der Waals surface area contributed by atoms with Gasteiger partial charge in [-0.1, -0.05) is 12.1 Å². The molecule has 0 spiro atoms. The van der Waals surface area contributed by atoms with E-state index in [0.717, 1.165) is 32.2 Å². The number of fused-ring (bicyclic) bond motifs is 7. The van der Waals surface area contributed by atoms with E-state index in [1.165, 1.54) is 24.3 Å². The van der Waals surface area contributed by atoms with Crippen LogP contribution in [-0.2, 0) is 0 Å². The summed E-state index contributed by atoms with van der Waals surface area (Å²) in [4.78, 5) is 18.3. The second kappa shape index (κ2) is 9.55. The van der Waals surface area contributed by atoms with Crippen molar-refractivity contribution in [3.05, 3.63) is 42.0 Å². The minimum atomic E-state index is -0.915. The first-order valence-corrected chi connectivity index (χ1v) is 15.4. The quantitative estimate of drug-likeness (QED) is 0.350. The number of anilines is 1. The molecule has 2 aromatic heterocycles. The van der Waals surface area contributed by atoms with E-state index in [2.05, 4.69) is 25.1 Å². The average molecular weight is 605 g/mol. The number of phenolic OH excluding ortho intramolecular Hbond substituents is 1. The van der Waals surface area contributed by atoms with E-state index >= 15 is 8.78 Å². The van der Waals surface area contributed by atoms with Crippen LogP contribution >= 0.6 is 0 Å². The first kappa shape index (κ1) is 26.5. The van der Waals surface area contributed by atoms with Crippen LogP contribution in [0, 0.1) is 11.6 Å². The van der Waals surface area contributed by atoms with Crippen molar-refractivity contribution in [1.82, 2.24) is 25.2 Å². The van der Waals surface area contributed by atoms with Gasteiger partial charge in [0.15, 0.2) is 5.82 Å². The van der Waals surface area contributed by atoms with Crippen LogP contribution in [0.2, 0.25) is 0 Å². The number of rotatable bonds is 4. The van der Waals surface area contributed by atoms with Crippen molar-refractivity contribution in [1.29, 1.82) is 0 Å². The Bertz CT molecular complexity index is 1840. The number of halogens is 3. The Morgan fingerprint density at radius 1 is 1.11 bits per heavy atom. The minimum absolute atomic E-state index is 0.00323. The third-order valence-corrected chi connectivity index (χ3v) is 10.3. The molecule has 4 fully saturated rings. The van der Waals surface area contributed by atoms with Crippen molar-refractivity contribution < 1.29 is 27.8 Å². The summed E-state index contributed by atoms with van der Waals surface area (Å²) in [5, 5.41) is 15.0. The molecule has 3 unspecified atom stereocenters. The molecule has 0 radical (unpaired) electrons. The third-order valence-electron chi connectivity index (χ3n) is 10.3. The second-order valence-corrected chi connectivity index (χ2v) is 12.9. The molecule has 2 bridgehead atoms. The Morgan fingerprint density at radius 3 is 2.93 bits per heavy atom. The summed E-state index contributed by atoms with van der Waals surface area (Å²) in [6.07, 6.45) is 3.24. The summed E-state index contributed by atoms with van der Waals surface area (Å²) < 4.78 is 59.1. The van der Waals surface area contributed by atoms with Gasteiger partial charge in [0.05, 0.1) is 11.6 Å². The van der Waals surface area contributed by atoms with Gasteiger partial charge in [0.25, 0.3) is 0 Å². The molecule has 0 saturated carbocycles. The maximum atomic E-state index is 16.8. The van der Waals surface area contributed by atoms with Gasteiger partial charge in [0, 0.05) is 42.5 Å². The van der Waals surface area contributed by atoms with Gasteiger partial charge in [-0.25, -0.2) is 18.2 Å². The molecule has 5 atom stereocenters. The number of alkyl halides is 1. The number of phenols is 1. The summed E-state index contributed by atoms with van der Waals surface area (Å²) in [6.45, 7) is 2.34. The molecule has 2 N–H and O–H groups in total. The monoisotopic (exact) mass is 604 g/mol. The molecule has 0 amide bonds. The van der Waals surface area contributed by atoms with Crippen LogP contribution in [0.5, 0.6) is 17.6 Å².